The first-order chi connectivity index (χ1) is 7.89. The lowest BCUT2D eigenvalue weighted by Crippen LogP contribution is -2.27. The lowest BCUT2D eigenvalue weighted by atomic mass is 9.93. The molecule has 1 heterocycles. The molecule has 1 fully saturated rings. The second-order valence-corrected chi connectivity index (χ2v) is 6.93. The molecule has 1 N–H and O–H groups in total. The highest BCUT2D eigenvalue weighted by molar-refractivity contribution is 9.10. The smallest absolute Gasteiger partial charge is 0.268 e. The topological polar surface area (TPSA) is 67.3 Å². The van der Waals surface area contributed by atoms with E-state index in [4.69, 9.17) is 0 Å². The van der Waals surface area contributed by atoms with Gasteiger partial charge in [0.15, 0.2) is 0 Å². The minimum Gasteiger partial charge on any atom is -0.285 e. The van der Waals surface area contributed by atoms with E-state index in [1.807, 2.05) is 6.07 Å². The van der Waals surface area contributed by atoms with Gasteiger partial charge in [-0.15, -0.1) is 0 Å². The summed E-state index contributed by atoms with van der Waals surface area (Å²) in [6, 6.07) is 1.84. The Kier molecular flexibility index (Phi) is 3.56. The molecule has 1 saturated carbocycles. The molecular weight excluding hydrogens is 306 g/mol. The van der Waals surface area contributed by atoms with Crippen LogP contribution in [0.4, 0.5) is 0 Å². The van der Waals surface area contributed by atoms with E-state index in [0.717, 1.165) is 28.8 Å². The van der Waals surface area contributed by atoms with Crippen molar-refractivity contribution in [2.45, 2.75) is 25.0 Å². The van der Waals surface area contributed by atoms with E-state index in [2.05, 4.69) is 20.9 Å². The van der Waals surface area contributed by atoms with Gasteiger partial charge in [0.2, 0.25) is 0 Å². The predicted molar refractivity (Wildman–Crippen MR) is 68.0 cm³/mol. The molecule has 2 rings (SSSR count). The van der Waals surface area contributed by atoms with Crippen molar-refractivity contribution in [2.24, 2.45) is 5.92 Å². The lowest BCUT2D eigenvalue weighted by Gasteiger charge is -2.21. The minimum atomic E-state index is -4.05. The van der Waals surface area contributed by atoms with E-state index in [0.29, 0.717) is 0 Å². The Bertz CT molecular complexity index is 513. The third-order valence-electron chi connectivity index (χ3n) is 2.94. The Morgan fingerprint density at radius 3 is 2.65 bits per heavy atom. The molecule has 93 valence electrons. The van der Waals surface area contributed by atoms with Crippen LogP contribution in [0.1, 0.15) is 25.3 Å². The number of hydrogen-bond acceptors (Lipinski definition) is 3. The molecule has 1 aliphatic rings. The summed E-state index contributed by atoms with van der Waals surface area (Å²) >= 11 is 3.31. The monoisotopic (exact) mass is 318 g/mol. The molecule has 0 aliphatic heterocycles. The zero-order valence-electron chi connectivity index (χ0n) is 9.30. The molecule has 4 nitrogen and oxygen atoms in total. The van der Waals surface area contributed by atoms with E-state index in [1.54, 1.807) is 12.4 Å². The van der Waals surface area contributed by atoms with E-state index in [-0.39, 0.29) is 5.92 Å². The van der Waals surface area contributed by atoms with Gasteiger partial charge in [0, 0.05) is 22.8 Å². The van der Waals surface area contributed by atoms with E-state index in [1.165, 1.54) is 6.92 Å². The summed E-state index contributed by atoms with van der Waals surface area (Å²) in [5, 5.41) is -0.869. The van der Waals surface area contributed by atoms with Crippen molar-refractivity contribution in [1.82, 2.24) is 4.98 Å². The summed E-state index contributed by atoms with van der Waals surface area (Å²) in [6.07, 6.45) is 5.23. The van der Waals surface area contributed by atoms with Gasteiger partial charge in [-0.3, -0.25) is 9.54 Å². The second kappa shape index (κ2) is 4.66. The van der Waals surface area contributed by atoms with Crippen molar-refractivity contribution in [3.63, 3.8) is 0 Å². The van der Waals surface area contributed by atoms with E-state index < -0.39 is 15.4 Å². The van der Waals surface area contributed by atoms with Crippen LogP contribution in [0.15, 0.2) is 22.9 Å². The van der Waals surface area contributed by atoms with Crippen molar-refractivity contribution in [3.05, 3.63) is 34.4 Å². The first-order valence-electron chi connectivity index (χ1n) is 5.33. The molecule has 6 heteroatoms. The molecule has 1 aromatic rings. The number of pyridine rings is 1. The highest BCUT2D eigenvalue weighted by Gasteiger charge is 2.41. The summed E-state index contributed by atoms with van der Waals surface area (Å²) in [4.78, 5) is 4.04. The highest BCUT2D eigenvalue weighted by Crippen LogP contribution is 2.45. The third-order valence-corrected chi connectivity index (χ3v) is 4.52. The van der Waals surface area contributed by atoms with Crippen LogP contribution in [0.3, 0.4) is 0 Å². The van der Waals surface area contributed by atoms with Gasteiger partial charge in [0.05, 0.1) is 5.25 Å². The molecule has 1 radical (unpaired) electrons. The summed E-state index contributed by atoms with van der Waals surface area (Å²) in [5.74, 6) is 1.02. The average Bonchev–Trinajstić information content (AvgIpc) is 3.01. The number of aromatic nitrogens is 1. The Hall–Kier alpha value is -0.460. The number of hydrogen-bond donors (Lipinski definition) is 1. The first-order valence-corrected chi connectivity index (χ1v) is 7.63. The Morgan fingerprint density at radius 1 is 1.53 bits per heavy atom. The van der Waals surface area contributed by atoms with Crippen molar-refractivity contribution in [3.8, 4) is 0 Å². The maximum absolute atomic E-state index is 11.3. The maximum Gasteiger partial charge on any atom is 0.268 e. The summed E-state index contributed by atoms with van der Waals surface area (Å²) in [6.45, 7) is 1.52. The Labute approximate surface area is 109 Å². The quantitative estimate of drug-likeness (QED) is 0.866. The molecule has 17 heavy (non-hydrogen) atoms. The molecule has 1 aliphatic carbocycles. The highest BCUT2D eigenvalue weighted by atomic mass is 79.9. The largest absolute Gasteiger partial charge is 0.285 e. The minimum absolute atomic E-state index is 0.253. The Morgan fingerprint density at radius 2 is 2.18 bits per heavy atom. The van der Waals surface area contributed by atoms with Crippen molar-refractivity contribution < 1.29 is 13.0 Å². The van der Waals surface area contributed by atoms with Crippen LogP contribution in [0, 0.1) is 11.8 Å². The normalized spacial score (nSPS) is 18.4. The molecule has 1 unspecified atom stereocenters. The van der Waals surface area contributed by atoms with Gasteiger partial charge in [-0.25, -0.2) is 0 Å². The van der Waals surface area contributed by atoms with Gasteiger partial charge in [0.25, 0.3) is 10.1 Å². The molecule has 0 aromatic carbocycles. The third kappa shape index (κ3) is 3.05. The van der Waals surface area contributed by atoms with Gasteiger partial charge in [0.1, 0.15) is 0 Å². The maximum atomic E-state index is 11.3. The van der Waals surface area contributed by atoms with Crippen molar-refractivity contribution >= 4 is 26.0 Å². The molecule has 0 bridgehead atoms. The van der Waals surface area contributed by atoms with Crippen LogP contribution >= 0.6 is 15.9 Å². The standard InChI is InChI=1S/C11H13BrNO3S/c1-7(17(14,15)16)11(8-2-3-8)9-4-10(12)6-13-5-9/h4-8H,2-3H2,1H3,(H,14,15,16). The fourth-order valence-corrected chi connectivity index (χ4v) is 2.94. The molecule has 0 spiro atoms. The van der Waals surface area contributed by atoms with Gasteiger partial charge in [-0.2, -0.15) is 8.42 Å². The summed E-state index contributed by atoms with van der Waals surface area (Å²) < 4.78 is 32.5. The zero-order chi connectivity index (χ0) is 12.6. The van der Waals surface area contributed by atoms with Crippen LogP contribution in [0.2, 0.25) is 0 Å². The summed E-state index contributed by atoms with van der Waals surface area (Å²) in [5.41, 5.74) is 0.784. The number of rotatable bonds is 4. The SMILES string of the molecule is CC([C](c1cncc(Br)c1)C1CC1)S(=O)(=O)O. The van der Waals surface area contributed by atoms with Crippen molar-refractivity contribution in [1.29, 1.82) is 0 Å². The van der Waals surface area contributed by atoms with Gasteiger partial charge >= 0.3 is 0 Å². The Balaban J connectivity index is 2.36. The number of halogens is 1. The second-order valence-electron chi connectivity index (χ2n) is 4.28. The fourth-order valence-electron chi connectivity index (χ4n) is 1.93. The first kappa shape index (κ1) is 13.0. The van der Waals surface area contributed by atoms with Crippen LogP contribution in [0.5, 0.6) is 0 Å². The zero-order valence-corrected chi connectivity index (χ0v) is 11.7. The predicted octanol–water partition coefficient (Wildman–Crippen LogP) is 2.45. The molecular formula is C11H13BrNO3S. The fraction of sp³-hybridized carbons (Fsp3) is 0.455. The average molecular weight is 319 g/mol. The van der Waals surface area contributed by atoms with Crippen LogP contribution in [-0.2, 0) is 10.1 Å². The van der Waals surface area contributed by atoms with Gasteiger partial charge in [-0.05, 0) is 53.2 Å². The van der Waals surface area contributed by atoms with Gasteiger partial charge < -0.3 is 0 Å². The molecule has 1 aromatic heterocycles. The van der Waals surface area contributed by atoms with Crippen LogP contribution < -0.4 is 0 Å². The van der Waals surface area contributed by atoms with Crippen LogP contribution in [0.25, 0.3) is 0 Å². The van der Waals surface area contributed by atoms with Crippen LogP contribution in [-0.4, -0.2) is 23.2 Å². The molecule has 0 saturated heterocycles. The number of nitrogens with zero attached hydrogens (tertiary/aromatic N) is 1. The lowest BCUT2D eigenvalue weighted by molar-refractivity contribution is 0.469. The summed E-state index contributed by atoms with van der Waals surface area (Å²) in [7, 11) is -4.05. The molecule has 1 atom stereocenters. The van der Waals surface area contributed by atoms with Crippen molar-refractivity contribution in [2.75, 3.05) is 0 Å². The van der Waals surface area contributed by atoms with E-state index in [9.17, 15) is 13.0 Å². The van der Waals surface area contributed by atoms with E-state index >= 15 is 0 Å². The van der Waals surface area contributed by atoms with Gasteiger partial charge in [-0.1, -0.05) is 0 Å². The molecule has 0 amide bonds.